The fraction of sp³-hybridized carbons (Fsp3) is 0.460. The van der Waals surface area contributed by atoms with Crippen LogP contribution in [0.5, 0.6) is 0 Å². The maximum Gasteiger partial charge on any atom is 0.408 e. The molecule has 0 radical (unpaired) electrons. The first-order valence-corrected chi connectivity index (χ1v) is 22.3. The Bertz CT molecular complexity index is 2480. The van der Waals surface area contributed by atoms with Crippen LogP contribution in [0.15, 0.2) is 102 Å². The second-order valence-electron chi connectivity index (χ2n) is 18.8. The van der Waals surface area contributed by atoms with E-state index in [1.165, 1.54) is 58.8 Å². The summed E-state index contributed by atoms with van der Waals surface area (Å²) < 4.78 is 30.6. The highest BCUT2D eigenvalue weighted by Gasteiger charge is 2.78. The number of alkyl carbamates (subject to hydrolysis) is 1. The van der Waals surface area contributed by atoms with Crippen molar-refractivity contribution in [2.75, 3.05) is 27.2 Å². The van der Waals surface area contributed by atoms with Gasteiger partial charge in [-0.05, 0) is 54.8 Å². The molecule has 3 aromatic carbocycles. The lowest BCUT2D eigenvalue weighted by molar-refractivity contribution is -0.345. The standard InChI is InChI=1S/C50H57N3O15/c1-27-32(65-45(61)38(57)37(29-17-11-8-12-18-29)52-43(59)30-19-13-9-14-20-30)24-50(63)42(67-44(60)31-21-15-10-16-22-31)40-48(5,33(55)23-34-49(40,26-64-34)68-28(2)54)41(58)39(36(27)47(50,3)4)66-46(62)51-25-35(56)53(6)7/h8-22,32-34,37-40,42,55,57,63H,23-26H2,1-7H3,(H,51,62)(H,52,59)/t32-,33-,34+,37?,38+,39+,40?,42-,48+,49-,50+/m0/s1. The molecule has 2 saturated carbocycles. The van der Waals surface area contributed by atoms with Crippen LogP contribution in [-0.2, 0) is 42.9 Å². The van der Waals surface area contributed by atoms with Crippen molar-refractivity contribution in [1.29, 1.82) is 0 Å². The first-order valence-electron chi connectivity index (χ1n) is 22.3. The number of carbonyl (C=O) groups is 7. The molecule has 68 heavy (non-hydrogen) atoms. The minimum atomic E-state index is -2.49. The molecule has 3 fully saturated rings. The molecule has 0 aromatic heterocycles. The van der Waals surface area contributed by atoms with Crippen molar-refractivity contribution in [2.45, 2.75) is 101 Å². The molecule has 18 nitrogen and oxygen atoms in total. The number of nitrogens with zero attached hydrogens (tertiary/aromatic N) is 1. The van der Waals surface area contributed by atoms with Gasteiger partial charge < -0.3 is 54.5 Å². The van der Waals surface area contributed by atoms with Gasteiger partial charge in [-0.15, -0.1) is 0 Å². The zero-order valence-electron chi connectivity index (χ0n) is 38.8. The van der Waals surface area contributed by atoms with Gasteiger partial charge in [-0.2, -0.15) is 0 Å². The predicted octanol–water partition coefficient (Wildman–Crippen LogP) is 2.99. The molecule has 3 aromatic rings. The minimum absolute atomic E-state index is 0.0341. The van der Waals surface area contributed by atoms with Crippen molar-refractivity contribution >= 4 is 41.6 Å². The summed E-state index contributed by atoms with van der Waals surface area (Å²) in [5.74, 6) is -6.83. The fourth-order valence-electron chi connectivity index (χ4n) is 10.5. The summed E-state index contributed by atoms with van der Waals surface area (Å²) in [6.07, 6.45) is -12.5. The molecule has 7 rings (SSSR count). The molecule has 2 unspecified atom stereocenters. The van der Waals surface area contributed by atoms with Gasteiger partial charge in [0.15, 0.2) is 23.6 Å². The van der Waals surface area contributed by atoms with E-state index in [-0.39, 0.29) is 35.3 Å². The number of aliphatic hydroxyl groups is 3. The maximum absolute atomic E-state index is 15.8. The maximum atomic E-state index is 15.8. The number of fused-ring (bicyclic) bond motifs is 5. The van der Waals surface area contributed by atoms with Gasteiger partial charge in [0.05, 0.1) is 35.6 Å². The van der Waals surface area contributed by atoms with Gasteiger partial charge >= 0.3 is 24.0 Å². The molecular weight excluding hydrogens is 883 g/mol. The molecule has 2 bridgehead atoms. The average Bonchev–Trinajstić information content (AvgIpc) is 3.31. The zero-order valence-corrected chi connectivity index (χ0v) is 38.8. The molecule has 11 atom stereocenters. The third kappa shape index (κ3) is 8.65. The van der Waals surface area contributed by atoms with Crippen LogP contribution in [0.4, 0.5) is 4.79 Å². The van der Waals surface area contributed by atoms with Crippen LogP contribution in [0.1, 0.15) is 79.8 Å². The summed E-state index contributed by atoms with van der Waals surface area (Å²) in [6.45, 7) is 6.07. The number of carbonyl (C=O) groups excluding carboxylic acids is 7. The number of aliphatic hydroxyl groups excluding tert-OH is 2. The first kappa shape index (κ1) is 49.4. The third-order valence-corrected chi connectivity index (χ3v) is 14.3. The summed E-state index contributed by atoms with van der Waals surface area (Å²) >= 11 is 0. The first-order chi connectivity index (χ1) is 32.1. The van der Waals surface area contributed by atoms with Crippen LogP contribution >= 0.6 is 0 Å². The monoisotopic (exact) mass is 939 g/mol. The topological polar surface area (TPSA) is 254 Å². The Morgan fingerprint density at radius 2 is 1.46 bits per heavy atom. The van der Waals surface area contributed by atoms with Crippen LogP contribution in [0.3, 0.4) is 0 Å². The number of ether oxygens (including phenoxy) is 5. The second-order valence-corrected chi connectivity index (χ2v) is 18.8. The number of amides is 3. The van der Waals surface area contributed by atoms with Gasteiger partial charge in [0, 0.05) is 44.8 Å². The molecule has 3 aliphatic carbocycles. The molecule has 1 saturated heterocycles. The molecule has 4 aliphatic rings. The zero-order chi connectivity index (χ0) is 49.5. The Balaban J connectivity index is 1.40. The van der Waals surface area contributed by atoms with E-state index in [9.17, 15) is 44.1 Å². The highest BCUT2D eigenvalue weighted by atomic mass is 16.6. The summed E-state index contributed by atoms with van der Waals surface area (Å²) in [5, 5.41) is 43.0. The smallest absolute Gasteiger partial charge is 0.408 e. The van der Waals surface area contributed by atoms with Gasteiger partial charge in [-0.3, -0.25) is 19.2 Å². The van der Waals surface area contributed by atoms with Crippen molar-refractivity contribution < 1.29 is 72.6 Å². The largest absolute Gasteiger partial charge is 0.456 e. The number of Topliss-reactive ketones (excluding diaryl/α,β-unsaturated/α-hetero) is 1. The van der Waals surface area contributed by atoms with Gasteiger partial charge in [-0.25, -0.2) is 14.4 Å². The highest BCUT2D eigenvalue weighted by Crippen LogP contribution is 2.64. The number of ketones is 1. The lowest BCUT2D eigenvalue weighted by Crippen LogP contribution is -2.82. The average molecular weight is 940 g/mol. The Hall–Kier alpha value is -6.47. The Morgan fingerprint density at radius 1 is 0.868 bits per heavy atom. The molecule has 1 heterocycles. The minimum Gasteiger partial charge on any atom is -0.456 e. The third-order valence-electron chi connectivity index (χ3n) is 14.3. The highest BCUT2D eigenvalue weighted by molar-refractivity contribution is 5.96. The van der Waals surface area contributed by atoms with Gasteiger partial charge in [0.25, 0.3) is 5.91 Å². The second kappa shape index (κ2) is 18.9. The SMILES string of the molecule is CC(=O)O[C@@]12CO[C@@H]1C[C@H](O)[C@@]1(C)C(=O)[C@H](OC(=O)NCC(=O)N(C)C)C3=C(C)[C@@H](OC(=O)[C@H](O)C(NC(=O)c4ccccc4)c4ccccc4)C[C@@](O)([C@@H](OC(=O)c4ccccc4)C12)C3(C)C. The van der Waals surface area contributed by atoms with Crippen molar-refractivity contribution in [2.24, 2.45) is 16.7 Å². The normalized spacial score (nSPS) is 29.9. The Kier molecular flexibility index (Phi) is 13.7. The summed E-state index contributed by atoms with van der Waals surface area (Å²) in [5.41, 5.74) is -7.72. The van der Waals surface area contributed by atoms with Gasteiger partial charge in [-0.1, -0.05) is 80.6 Å². The van der Waals surface area contributed by atoms with Crippen LogP contribution in [0.25, 0.3) is 0 Å². The molecule has 362 valence electrons. The van der Waals surface area contributed by atoms with Crippen LogP contribution in [0, 0.1) is 16.7 Å². The van der Waals surface area contributed by atoms with E-state index in [1.807, 2.05) is 0 Å². The quantitative estimate of drug-likeness (QED) is 0.0995. The van der Waals surface area contributed by atoms with Crippen LogP contribution in [-0.4, -0.2) is 137 Å². The number of likely N-dealkylation sites (N-methyl/N-ethyl adjacent to an activating group) is 1. The van der Waals surface area contributed by atoms with Gasteiger partial charge in [0.2, 0.25) is 5.91 Å². The Morgan fingerprint density at radius 3 is 2.01 bits per heavy atom. The number of nitrogens with one attached hydrogen (secondary N) is 2. The summed E-state index contributed by atoms with van der Waals surface area (Å²) in [6, 6.07) is 22.6. The Labute approximate surface area is 392 Å². The van der Waals surface area contributed by atoms with Crippen molar-refractivity contribution in [1.82, 2.24) is 15.5 Å². The lowest BCUT2D eigenvalue weighted by Gasteiger charge is -2.67. The van der Waals surface area contributed by atoms with Crippen LogP contribution < -0.4 is 10.6 Å². The van der Waals surface area contributed by atoms with E-state index in [4.69, 9.17) is 23.7 Å². The molecule has 0 spiro atoms. The molecule has 5 N–H and O–H groups in total. The van der Waals surface area contributed by atoms with Crippen LogP contribution in [0.2, 0.25) is 0 Å². The van der Waals surface area contributed by atoms with Crippen molar-refractivity contribution in [3.8, 4) is 0 Å². The predicted molar refractivity (Wildman–Crippen MR) is 239 cm³/mol. The molecule has 1 aliphatic heterocycles. The summed E-state index contributed by atoms with van der Waals surface area (Å²) in [7, 11) is 2.93. The van der Waals surface area contributed by atoms with E-state index in [0.717, 1.165) is 6.92 Å². The lowest BCUT2D eigenvalue weighted by atomic mass is 9.44. The van der Waals surface area contributed by atoms with E-state index in [2.05, 4.69) is 10.6 Å². The number of rotatable bonds is 12. The molecule has 18 heteroatoms. The summed E-state index contributed by atoms with van der Waals surface area (Å²) in [4.78, 5) is 99.0. The molecular formula is C50H57N3O15. The van der Waals surface area contributed by atoms with E-state index in [1.54, 1.807) is 78.9 Å². The van der Waals surface area contributed by atoms with Gasteiger partial charge in [0.1, 0.15) is 30.5 Å². The van der Waals surface area contributed by atoms with Crippen molar-refractivity contribution in [3.05, 3.63) is 119 Å². The van der Waals surface area contributed by atoms with Crippen molar-refractivity contribution in [3.63, 3.8) is 0 Å². The van der Waals surface area contributed by atoms with E-state index in [0.29, 0.717) is 5.56 Å². The number of hydrogen-bond donors (Lipinski definition) is 5. The fourth-order valence-corrected chi connectivity index (χ4v) is 10.5. The number of benzene rings is 3. The number of esters is 3. The van der Waals surface area contributed by atoms with E-state index >= 15 is 4.79 Å². The van der Waals surface area contributed by atoms with E-state index < -0.39 is 125 Å². The number of hydrogen-bond acceptors (Lipinski definition) is 15. The molecule has 3 amide bonds.